The largest absolute Gasteiger partial charge is 0.393 e. The Morgan fingerprint density at radius 2 is 1.88 bits per heavy atom. The van der Waals surface area contributed by atoms with Gasteiger partial charge in [-0.1, -0.05) is 46.3 Å². The van der Waals surface area contributed by atoms with E-state index in [1.807, 2.05) is 18.2 Å². The molecule has 1 aliphatic rings. The highest BCUT2D eigenvalue weighted by atomic mass is 127. The lowest BCUT2D eigenvalue weighted by atomic mass is 9.89. The van der Waals surface area contributed by atoms with Crippen LogP contribution in [0.3, 0.4) is 0 Å². The molecule has 0 spiro atoms. The van der Waals surface area contributed by atoms with Crippen molar-refractivity contribution in [3.05, 3.63) is 56.1 Å². The summed E-state index contributed by atoms with van der Waals surface area (Å²) in [4.78, 5) is 0. The fourth-order valence-corrected chi connectivity index (χ4v) is 4.44. The number of aliphatic hydroxyl groups is 2. The molecule has 0 fully saturated rings. The molecule has 1 aliphatic carbocycles. The standard InChI is InChI=1S/C13H12BrIO2/c14-10-6-13(17,8-16)7-11(15)12(10)9-4-2-1-3-5-9/h1-7,12,16-17H,8H2. The van der Waals surface area contributed by atoms with Gasteiger partial charge in [0, 0.05) is 14.0 Å². The Hall–Kier alpha value is -0.170. The van der Waals surface area contributed by atoms with E-state index in [0.29, 0.717) is 0 Å². The quantitative estimate of drug-likeness (QED) is 0.741. The predicted octanol–water partition coefficient (Wildman–Crippen LogP) is 3.10. The molecule has 2 rings (SSSR count). The number of allylic oxidation sites excluding steroid dienone is 2. The third-order valence-corrected chi connectivity index (χ3v) is 4.33. The summed E-state index contributed by atoms with van der Waals surface area (Å²) in [6.07, 6.45) is 3.36. The molecule has 0 aliphatic heterocycles. The van der Waals surface area contributed by atoms with Gasteiger partial charge < -0.3 is 10.2 Å². The van der Waals surface area contributed by atoms with Gasteiger partial charge in [0.05, 0.1) is 6.61 Å². The van der Waals surface area contributed by atoms with Gasteiger partial charge in [-0.3, -0.25) is 0 Å². The van der Waals surface area contributed by atoms with Crippen molar-refractivity contribution in [3.8, 4) is 0 Å². The van der Waals surface area contributed by atoms with Crippen molar-refractivity contribution in [1.29, 1.82) is 0 Å². The minimum atomic E-state index is -1.25. The highest BCUT2D eigenvalue weighted by Crippen LogP contribution is 2.43. The molecular formula is C13H12BrIO2. The Bertz CT molecular complexity index is 448. The average molecular weight is 407 g/mol. The summed E-state index contributed by atoms with van der Waals surface area (Å²) >= 11 is 5.70. The summed E-state index contributed by atoms with van der Waals surface area (Å²) in [7, 11) is 0. The van der Waals surface area contributed by atoms with Gasteiger partial charge in [0.25, 0.3) is 0 Å². The van der Waals surface area contributed by atoms with Crippen LogP contribution in [-0.4, -0.2) is 22.4 Å². The smallest absolute Gasteiger partial charge is 0.126 e. The van der Waals surface area contributed by atoms with Crippen LogP contribution in [0.5, 0.6) is 0 Å². The van der Waals surface area contributed by atoms with E-state index in [0.717, 1.165) is 13.6 Å². The Kier molecular flexibility index (Phi) is 4.07. The molecule has 2 nitrogen and oxygen atoms in total. The molecule has 0 amide bonds. The number of aliphatic hydroxyl groups excluding tert-OH is 1. The predicted molar refractivity (Wildman–Crippen MR) is 80.3 cm³/mol. The van der Waals surface area contributed by atoms with Gasteiger partial charge in [-0.15, -0.1) is 0 Å². The molecule has 1 aromatic rings. The van der Waals surface area contributed by atoms with Crippen molar-refractivity contribution in [2.24, 2.45) is 0 Å². The monoisotopic (exact) mass is 406 g/mol. The highest BCUT2D eigenvalue weighted by Gasteiger charge is 2.31. The third-order valence-electron chi connectivity index (χ3n) is 2.71. The minimum absolute atomic E-state index is 0.114. The Morgan fingerprint density at radius 1 is 1.24 bits per heavy atom. The van der Waals surface area contributed by atoms with E-state index in [1.165, 1.54) is 0 Å². The average Bonchev–Trinajstić information content (AvgIpc) is 2.29. The molecule has 2 unspecified atom stereocenters. The summed E-state index contributed by atoms with van der Waals surface area (Å²) < 4.78 is 1.88. The first-order valence-electron chi connectivity index (χ1n) is 5.20. The second-order valence-corrected chi connectivity index (χ2v) is 6.21. The molecule has 0 radical (unpaired) electrons. The first kappa shape index (κ1) is 13.3. The number of rotatable bonds is 2. The fraction of sp³-hybridized carbons (Fsp3) is 0.231. The van der Waals surface area contributed by atoms with Gasteiger partial charge in [0.1, 0.15) is 5.60 Å². The van der Waals surface area contributed by atoms with Crippen molar-refractivity contribution in [3.63, 3.8) is 0 Å². The van der Waals surface area contributed by atoms with E-state index < -0.39 is 5.60 Å². The van der Waals surface area contributed by atoms with E-state index in [1.54, 1.807) is 12.2 Å². The molecule has 0 bridgehead atoms. The van der Waals surface area contributed by atoms with Crippen LogP contribution in [-0.2, 0) is 0 Å². The second-order valence-electron chi connectivity index (χ2n) is 4.05. The van der Waals surface area contributed by atoms with Crippen LogP contribution in [0, 0.1) is 0 Å². The number of halogens is 2. The van der Waals surface area contributed by atoms with Crippen LogP contribution in [0.25, 0.3) is 0 Å². The Labute approximate surface area is 122 Å². The summed E-state index contributed by atoms with van der Waals surface area (Å²) in [6, 6.07) is 10.1. The SMILES string of the molecule is OCC1(O)C=C(Br)C(c2ccccc2)C(I)=C1. The fourth-order valence-electron chi connectivity index (χ4n) is 1.87. The van der Waals surface area contributed by atoms with Crippen molar-refractivity contribution in [2.45, 2.75) is 11.5 Å². The van der Waals surface area contributed by atoms with Gasteiger partial charge in [0.2, 0.25) is 0 Å². The van der Waals surface area contributed by atoms with Crippen LogP contribution in [0.15, 0.2) is 50.5 Å². The van der Waals surface area contributed by atoms with Crippen molar-refractivity contribution < 1.29 is 10.2 Å². The third kappa shape index (κ3) is 2.81. The van der Waals surface area contributed by atoms with Crippen molar-refractivity contribution >= 4 is 38.5 Å². The van der Waals surface area contributed by atoms with Gasteiger partial charge in [0.15, 0.2) is 0 Å². The van der Waals surface area contributed by atoms with Gasteiger partial charge >= 0.3 is 0 Å². The second kappa shape index (κ2) is 5.22. The Morgan fingerprint density at radius 3 is 2.41 bits per heavy atom. The van der Waals surface area contributed by atoms with Crippen LogP contribution in [0.2, 0.25) is 0 Å². The lowest BCUT2D eigenvalue weighted by Gasteiger charge is -2.29. The first-order valence-corrected chi connectivity index (χ1v) is 7.07. The number of hydrogen-bond donors (Lipinski definition) is 2. The van der Waals surface area contributed by atoms with Gasteiger partial charge in [-0.2, -0.15) is 0 Å². The van der Waals surface area contributed by atoms with E-state index in [9.17, 15) is 10.2 Å². The van der Waals surface area contributed by atoms with Crippen LogP contribution < -0.4 is 0 Å². The number of hydrogen-bond acceptors (Lipinski definition) is 2. The molecule has 90 valence electrons. The lowest BCUT2D eigenvalue weighted by molar-refractivity contribution is 0.0660. The van der Waals surface area contributed by atoms with Crippen LogP contribution >= 0.6 is 38.5 Å². The molecular weight excluding hydrogens is 395 g/mol. The van der Waals surface area contributed by atoms with E-state index in [-0.39, 0.29) is 12.5 Å². The van der Waals surface area contributed by atoms with E-state index >= 15 is 0 Å². The zero-order chi connectivity index (χ0) is 12.5. The molecule has 0 saturated carbocycles. The molecule has 0 saturated heterocycles. The normalized spacial score (nSPS) is 28.6. The lowest BCUT2D eigenvalue weighted by Crippen LogP contribution is -2.31. The van der Waals surface area contributed by atoms with Crippen molar-refractivity contribution in [1.82, 2.24) is 0 Å². The minimum Gasteiger partial charge on any atom is -0.393 e. The highest BCUT2D eigenvalue weighted by molar-refractivity contribution is 14.1. The molecule has 17 heavy (non-hydrogen) atoms. The topological polar surface area (TPSA) is 40.5 Å². The van der Waals surface area contributed by atoms with E-state index in [2.05, 4.69) is 50.7 Å². The summed E-state index contributed by atoms with van der Waals surface area (Å²) in [5.74, 6) is 0.114. The molecule has 1 aromatic carbocycles. The molecule has 0 aromatic heterocycles. The maximum Gasteiger partial charge on any atom is 0.126 e. The zero-order valence-electron chi connectivity index (χ0n) is 8.98. The van der Waals surface area contributed by atoms with Gasteiger partial charge in [-0.05, 0) is 40.3 Å². The molecule has 4 heteroatoms. The first-order chi connectivity index (χ1) is 8.06. The summed E-state index contributed by atoms with van der Waals surface area (Å²) in [6.45, 7) is -0.309. The van der Waals surface area contributed by atoms with Crippen LogP contribution in [0.4, 0.5) is 0 Å². The molecule has 2 atom stereocenters. The van der Waals surface area contributed by atoms with Crippen molar-refractivity contribution in [2.75, 3.05) is 6.61 Å². The maximum atomic E-state index is 10.0. The molecule has 2 N–H and O–H groups in total. The zero-order valence-corrected chi connectivity index (χ0v) is 12.7. The van der Waals surface area contributed by atoms with Gasteiger partial charge in [-0.25, -0.2) is 0 Å². The summed E-state index contributed by atoms with van der Waals surface area (Å²) in [5, 5.41) is 19.2. The maximum absolute atomic E-state index is 10.0. The van der Waals surface area contributed by atoms with Crippen LogP contribution in [0.1, 0.15) is 11.5 Å². The molecule has 0 heterocycles. The number of benzene rings is 1. The van der Waals surface area contributed by atoms with E-state index in [4.69, 9.17) is 0 Å². The summed E-state index contributed by atoms with van der Waals surface area (Å²) in [5.41, 5.74) is -0.0862. The Balaban J connectivity index is 2.40.